The fourth-order valence-corrected chi connectivity index (χ4v) is 4.97. The third-order valence-corrected chi connectivity index (χ3v) is 6.83. The molecule has 1 heterocycles. The molecule has 3 radical (unpaired) electrons. The Morgan fingerprint density at radius 2 is 1.57 bits per heavy atom. The molecule has 4 aromatic rings. The molecule has 1 aliphatic rings. The number of aliphatic hydroxyl groups is 2. The van der Waals surface area contributed by atoms with E-state index in [-0.39, 0.29) is 39.1 Å². The van der Waals surface area contributed by atoms with Gasteiger partial charge in [-0.25, -0.2) is 0 Å². The van der Waals surface area contributed by atoms with Crippen LogP contribution in [0.5, 0.6) is 5.75 Å². The Bertz CT molecular complexity index is 1310. The van der Waals surface area contributed by atoms with E-state index >= 15 is 0 Å². The summed E-state index contributed by atoms with van der Waals surface area (Å²) < 4.78 is 17.2. The molecule has 0 aromatic heterocycles. The second-order valence-corrected chi connectivity index (χ2v) is 9.97. The van der Waals surface area contributed by atoms with Gasteiger partial charge < -0.3 is 24.4 Å². The fraction of sp³-hybridized carbons (Fsp3) is 0.448. The average molecular weight is 928 g/mol. The van der Waals surface area contributed by atoms with Crippen LogP contribution in [0.1, 0.15) is 45.7 Å². The van der Waals surface area contributed by atoms with Crippen LogP contribution in [0.25, 0.3) is 32.3 Å². The van der Waals surface area contributed by atoms with E-state index in [1.807, 2.05) is 19.9 Å². The van der Waals surface area contributed by atoms with Crippen molar-refractivity contribution in [2.45, 2.75) is 71.0 Å². The van der Waals surface area contributed by atoms with E-state index in [9.17, 15) is 10.2 Å². The van der Waals surface area contributed by atoms with Gasteiger partial charge in [-0.15, -0.1) is 0 Å². The topological polar surface area (TPSA) is 68.2 Å². The van der Waals surface area contributed by atoms with Crippen molar-refractivity contribution < 1.29 is 44.8 Å². The summed E-state index contributed by atoms with van der Waals surface area (Å²) in [5, 5.41) is 26.7. The number of benzene rings is 4. The minimum Gasteiger partial charge on any atom is -0.496 e. The molecule has 0 aliphatic carbocycles. The molecular weight excluding hydrogens is 892 g/mol. The van der Waals surface area contributed by atoms with Gasteiger partial charge in [-0.1, -0.05) is 65.0 Å². The van der Waals surface area contributed by atoms with E-state index in [4.69, 9.17) is 22.1 Å². The van der Waals surface area contributed by atoms with E-state index < -0.39 is 24.3 Å². The van der Waals surface area contributed by atoms with E-state index in [1.165, 1.54) is 21.7 Å². The van der Waals surface area contributed by atoms with E-state index in [1.54, 1.807) is 7.11 Å². The first-order valence-electron chi connectivity index (χ1n) is 12.3. The molecule has 0 bridgehead atoms. The van der Waals surface area contributed by atoms with Gasteiger partial charge >= 0.3 is 0 Å². The van der Waals surface area contributed by atoms with Crippen LogP contribution < -0.4 is 4.74 Å². The molecule has 4 aromatic carbocycles. The SMILES string of the molecule is CC.[B]C1OC(CO)C(O)C1OCc1cc(OC)c2ccc3cc(C(C)(C)C)cc4ccc1c2c43.[Re].[Rf]. The Hall–Kier alpha value is -2.71. The number of aliphatic hydroxyl groups excluding tert-OH is 2. The maximum Gasteiger partial charge on any atom is 0.127 e. The minimum absolute atomic E-state index is 0. The summed E-state index contributed by atoms with van der Waals surface area (Å²) in [6, 6.07) is 14.3. The van der Waals surface area contributed by atoms with Crippen molar-refractivity contribution in [3.05, 3.63) is 53.6 Å². The van der Waals surface area contributed by atoms with Gasteiger partial charge in [0.25, 0.3) is 0 Å². The van der Waals surface area contributed by atoms with Crippen LogP contribution in [0, 0.1) is 0 Å². The first-order chi connectivity index (χ1) is 16.7. The van der Waals surface area contributed by atoms with Crippen LogP contribution in [-0.4, -0.2) is 56.1 Å². The molecule has 8 heteroatoms. The monoisotopic (exact) mass is 928 g/mol. The maximum absolute atomic E-state index is 10.4. The third-order valence-electron chi connectivity index (χ3n) is 6.83. The van der Waals surface area contributed by atoms with Gasteiger partial charge in [0.15, 0.2) is 0 Å². The zero-order chi connectivity index (χ0) is 25.5. The van der Waals surface area contributed by atoms with Gasteiger partial charge in [-0.05, 0) is 50.2 Å². The summed E-state index contributed by atoms with van der Waals surface area (Å²) >= 11 is 0. The number of hydrogen-bond donors (Lipinski definition) is 2. The molecule has 4 unspecified atom stereocenters. The molecule has 193 valence electrons. The zero-order valence-electron chi connectivity index (χ0n) is 22.5. The van der Waals surface area contributed by atoms with Gasteiger partial charge in [0.05, 0.1) is 20.3 Å². The molecule has 0 amide bonds. The van der Waals surface area contributed by atoms with Crippen molar-refractivity contribution in [1.82, 2.24) is 0 Å². The molecule has 4 atom stereocenters. The second kappa shape index (κ2) is 11.8. The van der Waals surface area contributed by atoms with Crippen LogP contribution in [0.4, 0.5) is 0 Å². The summed E-state index contributed by atoms with van der Waals surface area (Å²) in [7, 11) is 7.66. The Kier molecular flexibility index (Phi) is 9.71. The average Bonchev–Trinajstić information content (AvgIpc) is 3.13. The van der Waals surface area contributed by atoms with Crippen molar-refractivity contribution in [3.8, 4) is 5.75 Å². The van der Waals surface area contributed by atoms with Crippen LogP contribution in [0.2, 0.25) is 0 Å². The molecule has 37 heavy (non-hydrogen) atoms. The predicted octanol–water partition coefficient (Wildman–Crippen LogP) is 5.05. The summed E-state index contributed by atoms with van der Waals surface area (Å²) in [4.78, 5) is 0. The Morgan fingerprint density at radius 1 is 0.973 bits per heavy atom. The first-order valence-corrected chi connectivity index (χ1v) is 12.3. The smallest absolute Gasteiger partial charge is 0.127 e. The molecule has 5 nitrogen and oxygen atoms in total. The fourth-order valence-electron chi connectivity index (χ4n) is 4.97. The standard InChI is InChI=1S/C27H29BO5.C2H6.Re.Rf/c1-27(2,3)17-9-14-5-7-18-16(13-32-25-24(30)21(12-29)33-26(25)28)11-20(31-4)19-8-6-15(10-17)22(14)23(18)19;1-2;;/h5-11,21,24-26,29-30H,12-13H2,1-4H3;1-2H3;;. The van der Waals surface area contributed by atoms with Gasteiger partial charge in [-0.3, -0.25) is 0 Å². The summed E-state index contributed by atoms with van der Waals surface area (Å²) in [6.07, 6.45) is -2.44. The van der Waals surface area contributed by atoms with Crippen molar-refractivity contribution in [1.29, 1.82) is 0 Å². The minimum atomic E-state index is -0.984. The van der Waals surface area contributed by atoms with E-state index in [0.717, 1.165) is 27.5 Å². The Morgan fingerprint density at radius 3 is 2.08 bits per heavy atom. The van der Waals surface area contributed by atoms with Gasteiger partial charge in [0.2, 0.25) is 0 Å². The molecule has 1 saturated heterocycles. The second-order valence-electron chi connectivity index (χ2n) is 9.97. The Balaban J connectivity index is 0.00000118. The summed E-state index contributed by atoms with van der Waals surface area (Å²) in [6.45, 7) is 10.6. The summed E-state index contributed by atoms with van der Waals surface area (Å²) in [5.74, 6) is 0.774. The van der Waals surface area contributed by atoms with Gasteiger partial charge in [0.1, 0.15) is 31.9 Å². The number of hydrogen-bond acceptors (Lipinski definition) is 5. The number of ether oxygens (including phenoxy) is 3. The van der Waals surface area contributed by atoms with Gasteiger partial charge in [0, 0.05) is 37.2 Å². The molecule has 5 rings (SSSR count). The normalized spacial score (nSPS) is 21.4. The zero-order valence-corrected chi connectivity index (χ0v) is 31.7. The first kappa shape index (κ1) is 30.5. The van der Waals surface area contributed by atoms with E-state index in [2.05, 4.69) is 57.2 Å². The van der Waals surface area contributed by atoms with Gasteiger partial charge in [-0.2, -0.15) is 0 Å². The van der Waals surface area contributed by atoms with Crippen molar-refractivity contribution in [2.24, 2.45) is 0 Å². The van der Waals surface area contributed by atoms with Crippen molar-refractivity contribution in [3.63, 3.8) is 0 Å². The molecule has 0 spiro atoms. The molecule has 1 aliphatic heterocycles. The van der Waals surface area contributed by atoms with Crippen LogP contribution in [0.15, 0.2) is 42.5 Å². The quantitative estimate of drug-likeness (QED) is 0.217. The van der Waals surface area contributed by atoms with E-state index in [0.29, 0.717) is 0 Å². The molecule has 1 fully saturated rings. The summed E-state index contributed by atoms with van der Waals surface area (Å²) in [5.41, 5.74) is 2.29. The van der Waals surface area contributed by atoms with Crippen molar-refractivity contribution >= 4 is 40.2 Å². The van der Waals surface area contributed by atoms with Crippen molar-refractivity contribution in [2.75, 3.05) is 13.7 Å². The number of rotatable bonds is 5. The van der Waals surface area contributed by atoms with Crippen LogP contribution in [0.3, 0.4) is 0 Å². The third kappa shape index (κ3) is 5.32. The molecular formula is C29H35BO5ReRf. The maximum atomic E-state index is 10.4. The number of methoxy groups -OCH3 is 1. The predicted molar refractivity (Wildman–Crippen MR) is 143 cm³/mol. The van der Waals surface area contributed by atoms with Crippen LogP contribution in [-0.2, 0) is 41.9 Å². The Labute approximate surface area is 228 Å². The molecule has 0 saturated carbocycles. The van der Waals surface area contributed by atoms with Crippen LogP contribution >= 0.6 is 0 Å². The largest absolute Gasteiger partial charge is 0.496 e. The molecule has 2 N–H and O–H groups in total.